The molecule has 4 rings (SSSR count). The molecule has 0 aliphatic heterocycles. The Balaban J connectivity index is 1.39. The first-order chi connectivity index (χ1) is 15.1. The van der Waals surface area contributed by atoms with Gasteiger partial charge in [0.1, 0.15) is 5.56 Å². The van der Waals surface area contributed by atoms with Gasteiger partial charge in [0.05, 0.1) is 6.54 Å². The van der Waals surface area contributed by atoms with Gasteiger partial charge in [-0.1, -0.05) is 55.5 Å². The summed E-state index contributed by atoms with van der Waals surface area (Å²) >= 11 is 1.64. The van der Waals surface area contributed by atoms with Crippen molar-refractivity contribution in [3.63, 3.8) is 0 Å². The van der Waals surface area contributed by atoms with Crippen molar-refractivity contribution < 1.29 is 4.79 Å². The lowest BCUT2D eigenvalue weighted by atomic mass is 10.2. The normalized spacial score (nSPS) is 11.2. The van der Waals surface area contributed by atoms with Crippen LogP contribution in [0.1, 0.15) is 33.4 Å². The van der Waals surface area contributed by atoms with Crippen LogP contribution in [0.4, 0.5) is 0 Å². The first kappa shape index (κ1) is 21.0. The molecule has 4 aromatic rings. The molecule has 6 heteroatoms. The number of nitrogens with zero attached hydrogens (tertiary/aromatic N) is 1. The lowest BCUT2D eigenvalue weighted by molar-refractivity contribution is 0.0949. The van der Waals surface area contributed by atoms with E-state index < -0.39 is 0 Å². The number of pyridine rings is 1. The van der Waals surface area contributed by atoms with Crippen LogP contribution >= 0.6 is 11.3 Å². The molecule has 0 aliphatic carbocycles. The molecule has 0 aliphatic rings. The molecule has 0 saturated carbocycles. The van der Waals surface area contributed by atoms with Gasteiger partial charge in [0.15, 0.2) is 0 Å². The van der Waals surface area contributed by atoms with Gasteiger partial charge in [0, 0.05) is 28.4 Å². The lowest BCUT2D eigenvalue weighted by Gasteiger charge is -2.20. The van der Waals surface area contributed by atoms with Crippen molar-refractivity contribution in [3.8, 4) is 0 Å². The zero-order valence-electron chi connectivity index (χ0n) is 17.4. The van der Waals surface area contributed by atoms with E-state index in [1.165, 1.54) is 10.3 Å². The van der Waals surface area contributed by atoms with Crippen molar-refractivity contribution in [2.24, 2.45) is 0 Å². The topological polar surface area (TPSA) is 65.2 Å². The molecular weight excluding hydrogens is 406 g/mol. The molecule has 2 aromatic heterocycles. The molecule has 2 heterocycles. The lowest BCUT2D eigenvalue weighted by Crippen LogP contribution is -2.30. The summed E-state index contributed by atoms with van der Waals surface area (Å²) in [5, 5.41) is 4.02. The van der Waals surface area contributed by atoms with Gasteiger partial charge in [-0.15, -0.1) is 11.3 Å². The van der Waals surface area contributed by atoms with E-state index in [0.717, 1.165) is 29.0 Å². The van der Waals surface area contributed by atoms with Crippen molar-refractivity contribution in [2.75, 3.05) is 6.54 Å². The molecule has 0 fully saturated rings. The van der Waals surface area contributed by atoms with E-state index in [1.807, 2.05) is 36.4 Å². The van der Waals surface area contributed by atoms with Crippen LogP contribution in [0.3, 0.4) is 0 Å². The predicted molar refractivity (Wildman–Crippen MR) is 126 cm³/mol. The van der Waals surface area contributed by atoms with Crippen LogP contribution in [0.2, 0.25) is 0 Å². The summed E-state index contributed by atoms with van der Waals surface area (Å²) in [7, 11) is 0. The molecule has 2 N–H and O–H groups in total. The molecular formula is C25H25N3O2S. The number of H-pyrrole nitrogens is 1. The molecule has 0 spiro atoms. The molecule has 0 bridgehead atoms. The average molecular weight is 432 g/mol. The van der Waals surface area contributed by atoms with Crippen molar-refractivity contribution in [3.05, 3.63) is 105 Å². The fourth-order valence-corrected chi connectivity index (χ4v) is 4.54. The molecule has 5 nitrogen and oxygen atoms in total. The highest BCUT2D eigenvalue weighted by atomic mass is 32.1. The van der Waals surface area contributed by atoms with Crippen molar-refractivity contribution in [2.45, 2.75) is 26.6 Å². The molecule has 0 saturated heterocycles. The van der Waals surface area contributed by atoms with Gasteiger partial charge in [-0.25, -0.2) is 0 Å². The largest absolute Gasteiger partial charge is 0.347 e. The molecule has 0 unspecified atom stereocenters. The SMILES string of the molecule is CCN(Cc1ccccc1)Cc1ccc(C(=O)NCc2cc3ccccc3s2)c(=O)[nH]1. The second-order valence-electron chi connectivity index (χ2n) is 7.45. The zero-order valence-corrected chi connectivity index (χ0v) is 18.2. The summed E-state index contributed by atoms with van der Waals surface area (Å²) < 4.78 is 1.19. The van der Waals surface area contributed by atoms with Gasteiger partial charge < -0.3 is 10.3 Å². The fraction of sp³-hybridized carbons (Fsp3) is 0.200. The van der Waals surface area contributed by atoms with Crippen LogP contribution in [-0.2, 0) is 19.6 Å². The third-order valence-corrected chi connectivity index (χ3v) is 6.32. The first-order valence-corrected chi connectivity index (χ1v) is 11.2. The van der Waals surface area contributed by atoms with Gasteiger partial charge in [0.25, 0.3) is 11.5 Å². The summed E-state index contributed by atoms with van der Waals surface area (Å²) in [5.74, 6) is -0.359. The highest BCUT2D eigenvalue weighted by Crippen LogP contribution is 2.25. The number of fused-ring (bicyclic) bond motifs is 1. The van der Waals surface area contributed by atoms with E-state index in [-0.39, 0.29) is 17.0 Å². The Morgan fingerprint density at radius 1 is 1.00 bits per heavy atom. The van der Waals surface area contributed by atoms with Gasteiger partial charge in [-0.05, 0) is 41.8 Å². The van der Waals surface area contributed by atoms with E-state index in [9.17, 15) is 9.59 Å². The summed E-state index contributed by atoms with van der Waals surface area (Å²) in [4.78, 5) is 31.2. The molecule has 158 valence electrons. The van der Waals surface area contributed by atoms with E-state index in [0.29, 0.717) is 13.1 Å². The Bertz CT molecular complexity index is 1200. The Hall–Kier alpha value is -3.22. The maximum Gasteiger partial charge on any atom is 0.261 e. The Kier molecular flexibility index (Phi) is 6.60. The number of rotatable bonds is 8. The van der Waals surface area contributed by atoms with E-state index >= 15 is 0 Å². The second-order valence-corrected chi connectivity index (χ2v) is 8.62. The van der Waals surface area contributed by atoms with Crippen LogP contribution in [0.15, 0.2) is 77.6 Å². The monoisotopic (exact) mass is 431 g/mol. The summed E-state index contributed by atoms with van der Waals surface area (Å²) in [5.41, 5.74) is 1.80. The number of aromatic amines is 1. The van der Waals surface area contributed by atoms with E-state index in [4.69, 9.17) is 0 Å². The molecule has 0 radical (unpaired) electrons. The Labute approximate surface area is 185 Å². The van der Waals surface area contributed by atoms with E-state index in [2.05, 4.69) is 52.5 Å². The van der Waals surface area contributed by atoms with Gasteiger partial charge in [0.2, 0.25) is 0 Å². The maximum absolute atomic E-state index is 12.5. The van der Waals surface area contributed by atoms with Crippen LogP contribution in [-0.4, -0.2) is 22.3 Å². The third kappa shape index (κ3) is 5.29. The van der Waals surface area contributed by atoms with Crippen molar-refractivity contribution in [1.29, 1.82) is 0 Å². The number of hydrogen-bond donors (Lipinski definition) is 2. The minimum Gasteiger partial charge on any atom is -0.347 e. The van der Waals surface area contributed by atoms with Crippen molar-refractivity contribution in [1.82, 2.24) is 15.2 Å². The standard InChI is InChI=1S/C25H25N3O2S/c1-2-28(16-18-8-4-3-5-9-18)17-20-12-13-22(25(30)27-20)24(29)26-15-21-14-19-10-6-7-11-23(19)31-21/h3-14H,2,15-17H2,1H3,(H,26,29)(H,27,30). The zero-order chi connectivity index (χ0) is 21.6. The number of hydrogen-bond acceptors (Lipinski definition) is 4. The van der Waals surface area contributed by atoms with Gasteiger partial charge in [-0.2, -0.15) is 0 Å². The molecule has 0 atom stereocenters. The van der Waals surface area contributed by atoms with Gasteiger partial charge in [-0.3, -0.25) is 14.5 Å². The number of aromatic nitrogens is 1. The summed E-state index contributed by atoms with van der Waals surface area (Å²) in [6, 6.07) is 23.9. The smallest absolute Gasteiger partial charge is 0.261 e. The van der Waals surface area contributed by atoms with Crippen LogP contribution in [0, 0.1) is 0 Å². The number of carbonyl (C=O) groups is 1. The Morgan fingerprint density at radius 3 is 2.52 bits per heavy atom. The number of carbonyl (C=O) groups excluding carboxylic acids is 1. The Morgan fingerprint density at radius 2 is 1.77 bits per heavy atom. The molecule has 2 aromatic carbocycles. The first-order valence-electron chi connectivity index (χ1n) is 10.4. The molecule has 31 heavy (non-hydrogen) atoms. The number of benzene rings is 2. The minimum absolute atomic E-state index is 0.135. The quantitative estimate of drug-likeness (QED) is 0.430. The maximum atomic E-state index is 12.5. The predicted octanol–water partition coefficient (Wildman–Crippen LogP) is 4.54. The van der Waals surface area contributed by atoms with Crippen molar-refractivity contribution >= 4 is 27.3 Å². The minimum atomic E-state index is -0.359. The van der Waals surface area contributed by atoms with Crippen LogP contribution in [0.25, 0.3) is 10.1 Å². The van der Waals surface area contributed by atoms with Gasteiger partial charge >= 0.3 is 0 Å². The van der Waals surface area contributed by atoms with Crippen LogP contribution < -0.4 is 10.9 Å². The highest BCUT2D eigenvalue weighted by Gasteiger charge is 2.13. The third-order valence-electron chi connectivity index (χ3n) is 5.20. The van der Waals surface area contributed by atoms with Crippen LogP contribution in [0.5, 0.6) is 0 Å². The molecule has 1 amide bonds. The average Bonchev–Trinajstić information content (AvgIpc) is 3.21. The van der Waals surface area contributed by atoms with E-state index in [1.54, 1.807) is 17.4 Å². The number of nitrogens with one attached hydrogen (secondary N) is 2. The summed E-state index contributed by atoms with van der Waals surface area (Å²) in [6.45, 7) is 4.77. The number of amides is 1. The second kappa shape index (κ2) is 9.73. The number of thiophene rings is 1. The summed E-state index contributed by atoms with van der Waals surface area (Å²) in [6.07, 6.45) is 0. The highest BCUT2D eigenvalue weighted by molar-refractivity contribution is 7.19. The fourth-order valence-electron chi connectivity index (χ4n) is 3.53.